The third kappa shape index (κ3) is 4.36. The number of nitrogens with one attached hydrogen (secondary N) is 1. The minimum atomic E-state index is -0.353. The van der Waals surface area contributed by atoms with Gasteiger partial charge >= 0.3 is 0 Å². The fourth-order valence-corrected chi connectivity index (χ4v) is 1.81. The molecule has 0 aliphatic carbocycles. The Bertz CT molecular complexity index is 416. The molecule has 4 nitrogen and oxygen atoms in total. The predicted octanol–water partition coefficient (Wildman–Crippen LogP) is 1.58. The molecule has 0 fully saturated rings. The lowest BCUT2D eigenvalue weighted by Crippen LogP contribution is -3.10. The van der Waals surface area contributed by atoms with E-state index in [1.54, 1.807) is 12.1 Å². The van der Waals surface area contributed by atoms with Gasteiger partial charge in [-0.25, -0.2) is 0 Å². The lowest BCUT2D eigenvalue weighted by atomic mass is 10.2. The predicted molar refractivity (Wildman–Crippen MR) is 68.0 cm³/mol. The first kappa shape index (κ1) is 13.4. The summed E-state index contributed by atoms with van der Waals surface area (Å²) in [5, 5.41) is 10.7. The number of non-ortho nitro benzene ring substituents is 1. The zero-order valence-electron chi connectivity index (χ0n) is 10.4. The minimum Gasteiger partial charge on any atom is -0.328 e. The highest BCUT2D eigenvalue weighted by atomic mass is 16.6. The Hall–Kier alpha value is -1.68. The smallest absolute Gasteiger partial charge is 0.269 e. The van der Waals surface area contributed by atoms with Crippen LogP contribution in [0, 0.1) is 10.1 Å². The van der Waals surface area contributed by atoms with Gasteiger partial charge in [-0.15, -0.1) is 0 Å². The number of hydrogen-bond donors (Lipinski definition) is 1. The van der Waals surface area contributed by atoms with Gasteiger partial charge in [0, 0.05) is 17.7 Å². The Balaban J connectivity index is 2.75. The van der Waals surface area contributed by atoms with E-state index in [4.69, 9.17) is 0 Å². The van der Waals surface area contributed by atoms with E-state index in [9.17, 15) is 10.1 Å². The van der Waals surface area contributed by atoms with Crippen molar-refractivity contribution in [3.8, 4) is 0 Å². The molecule has 0 aromatic heterocycles. The van der Waals surface area contributed by atoms with Crippen molar-refractivity contribution in [1.82, 2.24) is 0 Å². The van der Waals surface area contributed by atoms with Crippen LogP contribution < -0.4 is 4.90 Å². The van der Waals surface area contributed by atoms with Gasteiger partial charge in [0.25, 0.3) is 5.69 Å². The maximum absolute atomic E-state index is 10.7. The SMILES string of the molecule is C=C(C)C[NH+](CC)Cc1cccc([N+](=O)[O-])c1. The van der Waals surface area contributed by atoms with Gasteiger partial charge in [-0.1, -0.05) is 18.7 Å². The summed E-state index contributed by atoms with van der Waals surface area (Å²) in [6.07, 6.45) is 0. The third-order valence-electron chi connectivity index (χ3n) is 2.63. The van der Waals surface area contributed by atoms with Crippen LogP contribution in [0.25, 0.3) is 0 Å². The van der Waals surface area contributed by atoms with Crippen molar-refractivity contribution in [3.63, 3.8) is 0 Å². The van der Waals surface area contributed by atoms with Gasteiger partial charge in [0.15, 0.2) is 0 Å². The van der Waals surface area contributed by atoms with Crippen molar-refractivity contribution in [2.24, 2.45) is 0 Å². The lowest BCUT2D eigenvalue weighted by molar-refractivity contribution is -0.907. The molecule has 0 bridgehead atoms. The number of quaternary nitrogens is 1. The van der Waals surface area contributed by atoms with Gasteiger partial charge in [0.2, 0.25) is 0 Å². The van der Waals surface area contributed by atoms with Gasteiger partial charge in [0.05, 0.1) is 18.0 Å². The monoisotopic (exact) mass is 235 g/mol. The molecule has 0 saturated carbocycles. The molecule has 0 amide bonds. The van der Waals surface area contributed by atoms with E-state index in [-0.39, 0.29) is 10.6 Å². The van der Waals surface area contributed by atoms with E-state index in [1.807, 2.05) is 13.0 Å². The third-order valence-corrected chi connectivity index (χ3v) is 2.63. The zero-order chi connectivity index (χ0) is 12.8. The molecule has 1 aromatic rings. The summed E-state index contributed by atoms with van der Waals surface area (Å²) < 4.78 is 0. The largest absolute Gasteiger partial charge is 0.328 e. The molecular weight excluding hydrogens is 216 g/mol. The Morgan fingerprint density at radius 1 is 1.53 bits per heavy atom. The highest BCUT2D eigenvalue weighted by Gasteiger charge is 2.10. The van der Waals surface area contributed by atoms with Crippen LogP contribution in [-0.4, -0.2) is 18.0 Å². The van der Waals surface area contributed by atoms with Crippen LogP contribution in [0.3, 0.4) is 0 Å². The molecule has 0 radical (unpaired) electrons. The van der Waals surface area contributed by atoms with Crippen LogP contribution in [0.2, 0.25) is 0 Å². The Kier molecular flexibility index (Phi) is 4.84. The van der Waals surface area contributed by atoms with Gasteiger partial charge in [-0.2, -0.15) is 0 Å². The standard InChI is InChI=1S/C13H18N2O2/c1-4-14(9-11(2)3)10-12-6-5-7-13(8-12)15(16)17/h5-8H,2,4,9-10H2,1,3H3/p+1. The Morgan fingerprint density at radius 3 is 2.76 bits per heavy atom. The maximum atomic E-state index is 10.7. The van der Waals surface area contributed by atoms with Gasteiger partial charge < -0.3 is 4.90 Å². The summed E-state index contributed by atoms with van der Waals surface area (Å²) in [6, 6.07) is 6.84. The van der Waals surface area contributed by atoms with Gasteiger partial charge in [-0.3, -0.25) is 10.1 Å². The average molecular weight is 235 g/mol. The van der Waals surface area contributed by atoms with Crippen LogP contribution in [0.4, 0.5) is 5.69 Å². The van der Waals surface area contributed by atoms with Crippen LogP contribution in [0.15, 0.2) is 36.4 Å². The first-order valence-corrected chi connectivity index (χ1v) is 5.74. The number of nitro groups is 1. The van der Waals surface area contributed by atoms with Crippen molar-refractivity contribution < 1.29 is 9.82 Å². The number of rotatable bonds is 6. The minimum absolute atomic E-state index is 0.160. The van der Waals surface area contributed by atoms with Crippen molar-refractivity contribution >= 4 is 5.69 Å². The number of benzene rings is 1. The highest BCUT2D eigenvalue weighted by molar-refractivity contribution is 5.33. The summed E-state index contributed by atoms with van der Waals surface area (Å²) in [7, 11) is 0. The van der Waals surface area contributed by atoms with Gasteiger partial charge in [0.1, 0.15) is 6.54 Å². The van der Waals surface area contributed by atoms with Crippen LogP contribution in [0.5, 0.6) is 0 Å². The number of nitro benzene ring substituents is 1. The van der Waals surface area contributed by atoms with E-state index >= 15 is 0 Å². The average Bonchev–Trinajstić information content (AvgIpc) is 2.28. The molecule has 0 spiro atoms. The normalized spacial score (nSPS) is 12.1. The Morgan fingerprint density at radius 2 is 2.24 bits per heavy atom. The van der Waals surface area contributed by atoms with Crippen LogP contribution in [-0.2, 0) is 6.54 Å². The fourth-order valence-electron chi connectivity index (χ4n) is 1.81. The molecule has 0 aliphatic heterocycles. The summed E-state index contributed by atoms with van der Waals surface area (Å²) >= 11 is 0. The van der Waals surface area contributed by atoms with Crippen molar-refractivity contribution in [2.45, 2.75) is 20.4 Å². The summed E-state index contributed by atoms with van der Waals surface area (Å²) in [5.41, 5.74) is 2.29. The highest BCUT2D eigenvalue weighted by Crippen LogP contribution is 2.12. The molecule has 0 aliphatic rings. The van der Waals surface area contributed by atoms with Crippen molar-refractivity contribution in [2.75, 3.05) is 13.1 Å². The summed E-state index contributed by atoms with van der Waals surface area (Å²) in [5.74, 6) is 0. The molecule has 4 heteroatoms. The lowest BCUT2D eigenvalue weighted by Gasteiger charge is -2.17. The van der Waals surface area contributed by atoms with E-state index in [0.29, 0.717) is 0 Å². The molecule has 0 saturated heterocycles. The molecule has 1 rings (SSSR count). The second-order valence-electron chi connectivity index (χ2n) is 4.34. The summed E-state index contributed by atoms with van der Waals surface area (Å²) in [6.45, 7) is 10.7. The molecule has 1 N–H and O–H groups in total. The fraction of sp³-hybridized carbons (Fsp3) is 0.385. The second-order valence-corrected chi connectivity index (χ2v) is 4.34. The van der Waals surface area contributed by atoms with E-state index in [0.717, 1.165) is 30.8 Å². The van der Waals surface area contributed by atoms with E-state index < -0.39 is 0 Å². The summed E-state index contributed by atoms with van der Waals surface area (Å²) in [4.78, 5) is 11.7. The molecule has 0 heterocycles. The van der Waals surface area contributed by atoms with Crippen molar-refractivity contribution in [3.05, 3.63) is 52.1 Å². The molecular formula is C13H19N2O2+. The van der Waals surface area contributed by atoms with Crippen molar-refractivity contribution in [1.29, 1.82) is 0 Å². The first-order chi connectivity index (χ1) is 8.02. The van der Waals surface area contributed by atoms with Crippen LogP contribution in [0.1, 0.15) is 19.4 Å². The molecule has 17 heavy (non-hydrogen) atoms. The van der Waals surface area contributed by atoms with E-state index in [1.165, 1.54) is 11.0 Å². The number of likely N-dealkylation sites (N-methyl/N-ethyl adjacent to an activating group) is 1. The molecule has 1 aromatic carbocycles. The number of hydrogen-bond acceptors (Lipinski definition) is 2. The van der Waals surface area contributed by atoms with Gasteiger partial charge in [-0.05, 0) is 19.4 Å². The second kappa shape index (κ2) is 6.15. The Labute approximate surface area is 102 Å². The molecule has 1 atom stereocenters. The van der Waals surface area contributed by atoms with E-state index in [2.05, 4.69) is 13.5 Å². The first-order valence-electron chi connectivity index (χ1n) is 5.74. The molecule has 1 unspecified atom stereocenters. The maximum Gasteiger partial charge on any atom is 0.269 e. The topological polar surface area (TPSA) is 47.6 Å². The zero-order valence-corrected chi connectivity index (χ0v) is 10.4. The quantitative estimate of drug-likeness (QED) is 0.462. The van der Waals surface area contributed by atoms with Crippen LogP contribution >= 0.6 is 0 Å². The number of nitrogens with zero attached hydrogens (tertiary/aromatic N) is 1. The molecule has 92 valence electrons.